The van der Waals surface area contributed by atoms with Crippen molar-refractivity contribution in [2.75, 3.05) is 0 Å². The molecule has 106 valence electrons. The van der Waals surface area contributed by atoms with Crippen LogP contribution in [0.2, 0.25) is 0 Å². The molecule has 0 amide bonds. The number of fused-ring (bicyclic) bond motifs is 1. The van der Waals surface area contributed by atoms with Crippen LogP contribution in [0.5, 0.6) is 0 Å². The van der Waals surface area contributed by atoms with Crippen molar-refractivity contribution in [3.05, 3.63) is 21.4 Å². The molecular weight excluding hydrogens is 252 g/mol. The van der Waals surface area contributed by atoms with Gasteiger partial charge in [0, 0.05) is 11.3 Å². The highest BCUT2D eigenvalue weighted by atomic mass is 32.1. The van der Waals surface area contributed by atoms with Crippen LogP contribution < -0.4 is 0 Å². The molecule has 2 rings (SSSR count). The number of unbranched alkanes of at least 4 members (excludes halogenated alkanes) is 6. The van der Waals surface area contributed by atoms with E-state index >= 15 is 0 Å². The van der Waals surface area contributed by atoms with E-state index in [-0.39, 0.29) is 0 Å². The molecule has 0 saturated heterocycles. The number of Topliss-reactive ketones (excluding diaryl/α,β-unsaturated/α-hetero) is 1. The van der Waals surface area contributed by atoms with Gasteiger partial charge in [0.1, 0.15) is 0 Å². The monoisotopic (exact) mass is 278 g/mol. The van der Waals surface area contributed by atoms with E-state index in [4.69, 9.17) is 0 Å². The third-order valence-corrected chi connectivity index (χ3v) is 5.31. The van der Waals surface area contributed by atoms with Gasteiger partial charge in [0.05, 0.1) is 4.88 Å². The number of thiophene rings is 1. The summed E-state index contributed by atoms with van der Waals surface area (Å²) < 4.78 is 0. The maximum Gasteiger partial charge on any atom is 0.172 e. The first-order chi connectivity index (χ1) is 9.31. The van der Waals surface area contributed by atoms with Crippen LogP contribution in [-0.4, -0.2) is 5.78 Å². The first-order valence-electron chi connectivity index (χ1n) is 7.96. The van der Waals surface area contributed by atoms with Crippen LogP contribution in [0, 0.1) is 0 Å². The van der Waals surface area contributed by atoms with Gasteiger partial charge in [-0.2, -0.15) is 0 Å². The smallest absolute Gasteiger partial charge is 0.172 e. The van der Waals surface area contributed by atoms with E-state index in [9.17, 15) is 4.79 Å². The van der Waals surface area contributed by atoms with Crippen LogP contribution >= 0.6 is 11.3 Å². The molecule has 2 heteroatoms. The Hall–Kier alpha value is -0.630. The Balaban J connectivity index is 1.61. The number of hydrogen-bond acceptors (Lipinski definition) is 2. The van der Waals surface area contributed by atoms with Crippen LogP contribution in [0.4, 0.5) is 0 Å². The average Bonchev–Trinajstić information content (AvgIpc) is 2.98. The fraction of sp³-hybridized carbons (Fsp3) is 0.706. The molecule has 0 N–H and O–H groups in total. The highest BCUT2D eigenvalue weighted by Crippen LogP contribution is 2.31. The van der Waals surface area contributed by atoms with Gasteiger partial charge in [-0.05, 0) is 37.3 Å². The van der Waals surface area contributed by atoms with Gasteiger partial charge in [0.15, 0.2) is 5.78 Å². The molecule has 0 spiro atoms. The molecule has 1 aliphatic carbocycles. The first-order valence-corrected chi connectivity index (χ1v) is 8.77. The number of hydrogen-bond donors (Lipinski definition) is 0. The zero-order chi connectivity index (χ0) is 13.5. The van der Waals surface area contributed by atoms with E-state index in [1.807, 2.05) is 0 Å². The molecule has 19 heavy (non-hydrogen) atoms. The second-order valence-electron chi connectivity index (χ2n) is 5.71. The average molecular weight is 278 g/mol. The highest BCUT2D eigenvalue weighted by molar-refractivity contribution is 7.14. The lowest BCUT2D eigenvalue weighted by atomic mass is 10.1. The highest BCUT2D eigenvalue weighted by Gasteiger charge is 2.17. The molecule has 1 heterocycles. The van der Waals surface area contributed by atoms with E-state index in [1.54, 1.807) is 11.3 Å². The second kappa shape index (κ2) is 7.84. The first kappa shape index (κ1) is 14.8. The van der Waals surface area contributed by atoms with Gasteiger partial charge in [0.2, 0.25) is 0 Å². The molecule has 0 atom stereocenters. The van der Waals surface area contributed by atoms with Gasteiger partial charge < -0.3 is 0 Å². The molecule has 0 radical (unpaired) electrons. The molecule has 0 bridgehead atoms. The van der Waals surface area contributed by atoms with Crippen molar-refractivity contribution in [3.63, 3.8) is 0 Å². The van der Waals surface area contributed by atoms with E-state index < -0.39 is 0 Å². The molecule has 0 fully saturated rings. The fourth-order valence-electron chi connectivity index (χ4n) is 2.83. The summed E-state index contributed by atoms with van der Waals surface area (Å²) in [5.41, 5.74) is 1.45. The van der Waals surface area contributed by atoms with Crippen LogP contribution in [0.15, 0.2) is 6.07 Å². The van der Waals surface area contributed by atoms with Gasteiger partial charge in [-0.25, -0.2) is 0 Å². The number of carbonyl (C=O) groups excluding carboxylic acids is 1. The van der Waals surface area contributed by atoms with Crippen LogP contribution in [-0.2, 0) is 12.8 Å². The molecule has 1 aromatic heterocycles. The summed E-state index contributed by atoms with van der Waals surface area (Å²) in [4.78, 5) is 14.6. The van der Waals surface area contributed by atoms with Gasteiger partial charge in [-0.3, -0.25) is 4.79 Å². The van der Waals surface area contributed by atoms with Crippen LogP contribution in [0.25, 0.3) is 0 Å². The minimum absolute atomic E-state index is 0.382. The van der Waals surface area contributed by atoms with Crippen LogP contribution in [0.1, 0.15) is 84.8 Å². The normalized spacial score (nSPS) is 13.7. The number of rotatable bonds is 9. The predicted molar refractivity (Wildman–Crippen MR) is 83.3 cm³/mol. The Morgan fingerprint density at radius 2 is 1.84 bits per heavy atom. The Morgan fingerprint density at radius 3 is 2.58 bits per heavy atom. The molecule has 0 saturated carbocycles. The summed E-state index contributed by atoms with van der Waals surface area (Å²) in [5.74, 6) is 0.382. The quantitative estimate of drug-likeness (QED) is 0.427. The summed E-state index contributed by atoms with van der Waals surface area (Å²) >= 11 is 1.76. The standard InChI is InChI=1S/C17H26OS/c1-2-3-4-5-6-7-8-11-15(18)17-13-14-10-9-12-16(14)19-17/h13H,2-12H2,1H3. The Morgan fingerprint density at radius 1 is 1.11 bits per heavy atom. The Bertz CT molecular complexity index is 384. The lowest BCUT2D eigenvalue weighted by Gasteiger charge is -2.00. The zero-order valence-corrected chi connectivity index (χ0v) is 13.0. The minimum Gasteiger partial charge on any atom is -0.293 e. The largest absolute Gasteiger partial charge is 0.293 e. The van der Waals surface area contributed by atoms with E-state index in [2.05, 4.69) is 13.0 Å². The molecule has 1 aliphatic rings. The number of ketones is 1. The van der Waals surface area contributed by atoms with Crippen molar-refractivity contribution in [3.8, 4) is 0 Å². The summed E-state index contributed by atoms with van der Waals surface area (Å²) in [5, 5.41) is 0. The van der Waals surface area contributed by atoms with Crippen molar-refractivity contribution >= 4 is 17.1 Å². The maximum atomic E-state index is 12.1. The maximum absolute atomic E-state index is 12.1. The minimum atomic E-state index is 0.382. The van der Waals surface area contributed by atoms with E-state index in [1.165, 1.54) is 68.2 Å². The summed E-state index contributed by atoms with van der Waals surface area (Å²) in [7, 11) is 0. The van der Waals surface area contributed by atoms with Crippen molar-refractivity contribution < 1.29 is 4.79 Å². The molecular formula is C17H26OS. The molecule has 0 unspecified atom stereocenters. The summed E-state index contributed by atoms with van der Waals surface area (Å²) in [6, 6.07) is 2.16. The topological polar surface area (TPSA) is 17.1 Å². The summed E-state index contributed by atoms with van der Waals surface area (Å²) in [6.45, 7) is 2.25. The Labute approximate surface area is 121 Å². The number of aryl methyl sites for hydroxylation is 2. The van der Waals surface area contributed by atoms with Gasteiger partial charge in [0.25, 0.3) is 0 Å². The third kappa shape index (κ3) is 4.45. The van der Waals surface area contributed by atoms with Crippen molar-refractivity contribution in [2.45, 2.75) is 77.6 Å². The zero-order valence-electron chi connectivity index (χ0n) is 12.2. The Kier molecular flexibility index (Phi) is 6.09. The van der Waals surface area contributed by atoms with Crippen molar-refractivity contribution in [2.24, 2.45) is 0 Å². The van der Waals surface area contributed by atoms with Gasteiger partial charge >= 0.3 is 0 Å². The number of carbonyl (C=O) groups is 1. The van der Waals surface area contributed by atoms with E-state index in [0.29, 0.717) is 5.78 Å². The SMILES string of the molecule is CCCCCCCCCC(=O)c1cc2c(s1)CCC2. The lowest BCUT2D eigenvalue weighted by Crippen LogP contribution is -1.96. The van der Waals surface area contributed by atoms with Crippen molar-refractivity contribution in [1.82, 2.24) is 0 Å². The molecule has 1 aromatic rings. The second-order valence-corrected chi connectivity index (χ2v) is 6.84. The van der Waals surface area contributed by atoms with Crippen LogP contribution in [0.3, 0.4) is 0 Å². The third-order valence-electron chi connectivity index (χ3n) is 4.03. The fourth-order valence-corrected chi connectivity index (χ4v) is 4.05. The molecule has 0 aliphatic heterocycles. The molecule has 0 aromatic carbocycles. The molecule has 1 nitrogen and oxygen atoms in total. The predicted octanol–water partition coefficient (Wildman–Crippen LogP) is 5.56. The van der Waals surface area contributed by atoms with Gasteiger partial charge in [-0.15, -0.1) is 11.3 Å². The lowest BCUT2D eigenvalue weighted by molar-refractivity contribution is 0.0983. The van der Waals surface area contributed by atoms with Crippen molar-refractivity contribution in [1.29, 1.82) is 0 Å². The summed E-state index contributed by atoms with van der Waals surface area (Å²) in [6.07, 6.45) is 13.4. The van der Waals surface area contributed by atoms with Gasteiger partial charge in [-0.1, -0.05) is 45.4 Å². The van der Waals surface area contributed by atoms with E-state index in [0.717, 1.165) is 17.7 Å².